The monoisotopic (exact) mass is 484 g/mol. The number of hydrogen-bond donors (Lipinski definition) is 2. The number of aromatic nitrogens is 1. The van der Waals surface area contributed by atoms with Crippen LogP contribution in [0.25, 0.3) is 0 Å². The van der Waals surface area contributed by atoms with Crippen molar-refractivity contribution >= 4 is 23.5 Å². The fraction of sp³-hybridized carbons (Fsp3) is 0.462. The molecule has 35 heavy (non-hydrogen) atoms. The number of halogens is 1. The van der Waals surface area contributed by atoms with E-state index in [4.69, 9.17) is 10.5 Å². The first-order valence-corrected chi connectivity index (χ1v) is 11.8. The topological polar surface area (TPSA) is 115 Å². The Kier molecular flexibility index (Phi) is 8.09. The molecule has 1 aliphatic rings. The number of benzene rings is 1. The van der Waals surface area contributed by atoms with E-state index in [9.17, 15) is 18.8 Å². The Morgan fingerprint density at radius 2 is 1.86 bits per heavy atom. The third-order valence-electron chi connectivity index (χ3n) is 5.77. The lowest BCUT2D eigenvalue weighted by atomic mass is 10.0. The summed E-state index contributed by atoms with van der Waals surface area (Å²) in [6.45, 7) is 8.24. The molecule has 1 aromatic heterocycles. The number of rotatable bonds is 7. The number of anilines is 1. The highest BCUT2D eigenvalue weighted by atomic mass is 19.1. The summed E-state index contributed by atoms with van der Waals surface area (Å²) in [6.07, 6.45) is 2.99. The molecule has 1 saturated heterocycles. The van der Waals surface area contributed by atoms with Gasteiger partial charge in [0.1, 0.15) is 11.4 Å². The summed E-state index contributed by atoms with van der Waals surface area (Å²) in [5.41, 5.74) is 7.17. The van der Waals surface area contributed by atoms with Crippen molar-refractivity contribution in [3.63, 3.8) is 0 Å². The number of nitrogens with one attached hydrogen (secondary N) is 1. The average molecular weight is 485 g/mol. The van der Waals surface area contributed by atoms with Crippen LogP contribution >= 0.6 is 0 Å². The van der Waals surface area contributed by atoms with Gasteiger partial charge >= 0.3 is 6.09 Å². The molecule has 1 fully saturated rings. The molecule has 8 nitrogen and oxygen atoms in total. The van der Waals surface area contributed by atoms with Gasteiger partial charge in [-0.3, -0.25) is 14.6 Å². The van der Waals surface area contributed by atoms with Crippen molar-refractivity contribution in [1.29, 1.82) is 0 Å². The Morgan fingerprint density at radius 3 is 2.43 bits per heavy atom. The molecule has 0 spiro atoms. The average Bonchev–Trinajstić information content (AvgIpc) is 2.78. The molecular formula is C26H33FN4O4. The summed E-state index contributed by atoms with van der Waals surface area (Å²) in [4.78, 5) is 42.1. The standard InChI is InChI=1S/C26H33FN4O4/c1-5-23(32)19-7-6-16(13-21(19)27)12-18-14-22(20(15-29-18)24(28)33)30-17-8-10-31(11-9-17)25(34)35-26(2,3)4/h6-7,13-15,17H,5,8-12H2,1-4H3,(H2,28,33)(H,29,30). The highest BCUT2D eigenvalue weighted by molar-refractivity contribution is 5.98. The summed E-state index contributed by atoms with van der Waals surface area (Å²) in [7, 11) is 0. The summed E-state index contributed by atoms with van der Waals surface area (Å²) < 4.78 is 19.8. The van der Waals surface area contributed by atoms with Crippen LogP contribution in [0, 0.1) is 5.82 Å². The Balaban J connectivity index is 1.70. The molecule has 2 aromatic rings. The van der Waals surface area contributed by atoms with Crippen LogP contribution < -0.4 is 11.1 Å². The van der Waals surface area contributed by atoms with Gasteiger partial charge in [0, 0.05) is 43.9 Å². The minimum Gasteiger partial charge on any atom is -0.444 e. The summed E-state index contributed by atoms with van der Waals surface area (Å²) in [5.74, 6) is -1.41. The Labute approximate surface area is 205 Å². The number of carbonyl (C=O) groups is 3. The third-order valence-corrected chi connectivity index (χ3v) is 5.77. The van der Waals surface area contributed by atoms with Gasteiger partial charge in [0.2, 0.25) is 0 Å². The predicted octanol–water partition coefficient (Wildman–Crippen LogP) is 4.31. The number of nitrogens with zero attached hydrogens (tertiary/aromatic N) is 2. The van der Waals surface area contributed by atoms with Gasteiger partial charge in [-0.15, -0.1) is 0 Å². The molecule has 3 N–H and O–H groups in total. The predicted molar refractivity (Wildman–Crippen MR) is 131 cm³/mol. The SMILES string of the molecule is CCC(=O)c1ccc(Cc2cc(NC3CCN(C(=O)OC(C)(C)C)CC3)c(C(N)=O)cn2)cc1F. The second-order valence-corrected chi connectivity index (χ2v) is 9.74. The second kappa shape index (κ2) is 10.8. The van der Waals surface area contributed by atoms with E-state index in [1.54, 1.807) is 24.0 Å². The lowest BCUT2D eigenvalue weighted by Gasteiger charge is -2.34. The number of piperidine rings is 1. The van der Waals surface area contributed by atoms with Crippen LogP contribution in [-0.4, -0.2) is 52.4 Å². The fourth-order valence-electron chi connectivity index (χ4n) is 3.96. The normalized spacial score (nSPS) is 14.5. The molecule has 0 bridgehead atoms. The van der Waals surface area contributed by atoms with Gasteiger partial charge in [0.25, 0.3) is 5.91 Å². The molecule has 1 aromatic carbocycles. The second-order valence-electron chi connectivity index (χ2n) is 9.74. The minimum atomic E-state index is -0.605. The molecule has 0 radical (unpaired) electrons. The van der Waals surface area contributed by atoms with E-state index >= 15 is 0 Å². The Morgan fingerprint density at radius 1 is 1.17 bits per heavy atom. The molecule has 0 aliphatic carbocycles. The number of likely N-dealkylation sites (tertiary alicyclic amines) is 1. The quantitative estimate of drug-likeness (QED) is 0.566. The van der Waals surface area contributed by atoms with Crippen LogP contribution in [0.1, 0.15) is 78.9 Å². The maximum Gasteiger partial charge on any atom is 0.410 e. The third kappa shape index (κ3) is 7.00. The van der Waals surface area contributed by atoms with E-state index in [2.05, 4.69) is 10.3 Å². The number of ketones is 1. The first-order chi connectivity index (χ1) is 16.5. The minimum absolute atomic E-state index is 0.0267. The van der Waals surface area contributed by atoms with Gasteiger partial charge in [-0.2, -0.15) is 0 Å². The zero-order chi connectivity index (χ0) is 25.8. The van der Waals surface area contributed by atoms with Crippen LogP contribution in [0.3, 0.4) is 0 Å². The number of carbonyl (C=O) groups excluding carboxylic acids is 3. The number of pyridine rings is 1. The van der Waals surface area contributed by atoms with Crippen molar-refractivity contribution < 1.29 is 23.5 Å². The Bertz CT molecular complexity index is 1110. The number of primary amides is 1. The van der Waals surface area contributed by atoms with Gasteiger partial charge in [-0.05, 0) is 57.4 Å². The molecule has 0 atom stereocenters. The number of nitrogens with two attached hydrogens (primary N) is 1. The van der Waals surface area contributed by atoms with Gasteiger partial charge in [0.05, 0.1) is 16.8 Å². The molecule has 9 heteroatoms. The van der Waals surface area contributed by atoms with E-state index in [1.165, 1.54) is 18.3 Å². The van der Waals surface area contributed by atoms with Crippen LogP contribution in [0.4, 0.5) is 14.9 Å². The number of hydrogen-bond acceptors (Lipinski definition) is 6. The van der Waals surface area contributed by atoms with E-state index in [-0.39, 0.29) is 35.5 Å². The fourth-order valence-corrected chi connectivity index (χ4v) is 3.96. The zero-order valence-electron chi connectivity index (χ0n) is 20.7. The molecular weight excluding hydrogens is 451 g/mol. The van der Waals surface area contributed by atoms with Crippen molar-refractivity contribution in [1.82, 2.24) is 9.88 Å². The zero-order valence-corrected chi connectivity index (χ0v) is 20.7. The van der Waals surface area contributed by atoms with Gasteiger partial charge < -0.3 is 20.7 Å². The highest BCUT2D eigenvalue weighted by Gasteiger charge is 2.27. The van der Waals surface area contributed by atoms with Crippen molar-refractivity contribution in [2.75, 3.05) is 18.4 Å². The smallest absolute Gasteiger partial charge is 0.410 e. The van der Waals surface area contributed by atoms with E-state index in [0.717, 1.165) is 0 Å². The molecule has 0 unspecified atom stereocenters. The molecule has 0 saturated carbocycles. The van der Waals surface area contributed by atoms with Crippen molar-refractivity contribution in [2.24, 2.45) is 5.73 Å². The van der Waals surface area contributed by atoms with E-state index in [1.807, 2.05) is 20.8 Å². The van der Waals surface area contributed by atoms with Gasteiger partial charge in [-0.25, -0.2) is 9.18 Å². The summed E-state index contributed by atoms with van der Waals surface area (Å²) in [5, 5.41) is 3.37. The number of Topliss-reactive ketones (excluding diaryl/α,β-unsaturated/α-hetero) is 1. The van der Waals surface area contributed by atoms with Gasteiger partial charge in [0.15, 0.2) is 5.78 Å². The molecule has 188 valence electrons. The maximum absolute atomic E-state index is 14.4. The first-order valence-electron chi connectivity index (χ1n) is 11.8. The van der Waals surface area contributed by atoms with Crippen molar-refractivity contribution in [3.8, 4) is 0 Å². The van der Waals surface area contributed by atoms with E-state index in [0.29, 0.717) is 49.3 Å². The summed E-state index contributed by atoms with van der Waals surface area (Å²) >= 11 is 0. The van der Waals surface area contributed by atoms with E-state index < -0.39 is 17.3 Å². The highest BCUT2D eigenvalue weighted by Crippen LogP contribution is 2.23. The number of ether oxygens (including phenoxy) is 1. The lowest BCUT2D eigenvalue weighted by Crippen LogP contribution is -2.44. The van der Waals surface area contributed by atoms with Crippen LogP contribution in [0.15, 0.2) is 30.5 Å². The van der Waals surface area contributed by atoms with Gasteiger partial charge in [-0.1, -0.05) is 13.0 Å². The molecule has 1 aliphatic heterocycles. The van der Waals surface area contributed by atoms with Crippen LogP contribution in [0.5, 0.6) is 0 Å². The van der Waals surface area contributed by atoms with Crippen LogP contribution in [0.2, 0.25) is 0 Å². The first kappa shape index (κ1) is 26.1. The lowest BCUT2D eigenvalue weighted by molar-refractivity contribution is 0.0210. The van der Waals surface area contributed by atoms with Crippen LogP contribution in [-0.2, 0) is 11.2 Å². The summed E-state index contributed by atoms with van der Waals surface area (Å²) in [6, 6.07) is 6.30. The number of amides is 2. The van der Waals surface area contributed by atoms with Crippen molar-refractivity contribution in [3.05, 3.63) is 58.7 Å². The Hall–Kier alpha value is -3.49. The molecule has 2 amide bonds. The maximum atomic E-state index is 14.4. The van der Waals surface area contributed by atoms with Crippen molar-refractivity contribution in [2.45, 2.75) is 65.0 Å². The molecule has 3 rings (SSSR count). The largest absolute Gasteiger partial charge is 0.444 e. The molecule has 2 heterocycles.